The minimum atomic E-state index is 0.499. The molecule has 4 heteroatoms. The molecule has 4 N–H and O–H groups in total. The summed E-state index contributed by atoms with van der Waals surface area (Å²) in [5, 5.41) is 0. The van der Waals surface area contributed by atoms with E-state index < -0.39 is 0 Å². The molecule has 0 saturated carbocycles. The number of aromatic nitrogens is 1. The van der Waals surface area contributed by atoms with Crippen LogP contribution >= 0.6 is 11.8 Å². The number of nitrogens with two attached hydrogens (primary N) is 2. The highest BCUT2D eigenvalue weighted by Gasteiger charge is 1.82. The molecule has 1 rings (SSSR count). The average Bonchev–Trinajstić information content (AvgIpc) is 2.15. The normalized spacial score (nSPS) is 7.38. The lowest BCUT2D eigenvalue weighted by Crippen LogP contribution is -1.90. The van der Waals surface area contributed by atoms with Crippen LogP contribution in [-0.4, -0.2) is 17.5 Å². The molecule has 0 saturated heterocycles. The molecule has 0 aliphatic heterocycles. The van der Waals surface area contributed by atoms with E-state index in [-0.39, 0.29) is 0 Å². The fraction of sp³-hybridized carbons (Fsp3) is 0.444. The highest BCUT2D eigenvalue weighted by Crippen LogP contribution is 1.99. The molecule has 1 heterocycles. The molecular formula is C9H19N3S. The van der Waals surface area contributed by atoms with Crippen molar-refractivity contribution in [3.8, 4) is 0 Å². The molecule has 0 aliphatic rings. The van der Waals surface area contributed by atoms with Gasteiger partial charge in [0.05, 0.1) is 11.9 Å². The number of nitrogens with zero attached hydrogens (tertiary/aromatic N) is 1. The van der Waals surface area contributed by atoms with Crippen molar-refractivity contribution >= 4 is 23.3 Å². The van der Waals surface area contributed by atoms with Crippen LogP contribution in [0.3, 0.4) is 0 Å². The van der Waals surface area contributed by atoms with Crippen molar-refractivity contribution in [3.05, 3.63) is 18.3 Å². The predicted molar refractivity (Wildman–Crippen MR) is 63.8 cm³/mol. The standard InChI is InChI=1S/C5H7N3.C2H6S.C2H6/c6-4-1-2-5(7)8-3-4;1-3-2;1-2/h1-3H,6H2,(H2,7,8);1-2H3;1-2H3. The zero-order valence-electron chi connectivity index (χ0n) is 8.74. The minimum absolute atomic E-state index is 0.499. The maximum atomic E-state index is 5.31. The molecule has 0 amide bonds. The summed E-state index contributed by atoms with van der Waals surface area (Å²) in [7, 11) is 0. The second-order valence-electron chi connectivity index (χ2n) is 1.92. The van der Waals surface area contributed by atoms with E-state index in [1.165, 1.54) is 6.20 Å². The van der Waals surface area contributed by atoms with Crippen LogP contribution in [0.25, 0.3) is 0 Å². The topological polar surface area (TPSA) is 64.9 Å². The van der Waals surface area contributed by atoms with E-state index in [9.17, 15) is 0 Å². The van der Waals surface area contributed by atoms with Gasteiger partial charge in [-0.2, -0.15) is 11.8 Å². The number of hydrogen-bond donors (Lipinski definition) is 2. The molecule has 13 heavy (non-hydrogen) atoms. The zero-order chi connectivity index (χ0) is 10.7. The summed E-state index contributed by atoms with van der Waals surface area (Å²) in [4.78, 5) is 3.73. The molecule has 0 aromatic carbocycles. The molecule has 3 nitrogen and oxygen atoms in total. The summed E-state index contributed by atoms with van der Waals surface area (Å²) < 4.78 is 0. The predicted octanol–water partition coefficient (Wildman–Crippen LogP) is 2.25. The summed E-state index contributed by atoms with van der Waals surface area (Å²) in [5.41, 5.74) is 11.2. The number of anilines is 2. The van der Waals surface area contributed by atoms with Gasteiger partial charge < -0.3 is 11.5 Å². The quantitative estimate of drug-likeness (QED) is 0.675. The van der Waals surface area contributed by atoms with Crippen LogP contribution in [0.4, 0.5) is 11.5 Å². The Morgan fingerprint density at radius 2 is 1.62 bits per heavy atom. The molecule has 0 radical (unpaired) electrons. The van der Waals surface area contributed by atoms with Gasteiger partial charge in [0, 0.05) is 0 Å². The van der Waals surface area contributed by atoms with Gasteiger partial charge in [-0.1, -0.05) is 13.8 Å². The first kappa shape index (κ1) is 14.6. The fourth-order valence-electron chi connectivity index (χ4n) is 0.417. The van der Waals surface area contributed by atoms with Crippen molar-refractivity contribution in [1.29, 1.82) is 0 Å². The third-order valence-corrected chi connectivity index (χ3v) is 0.809. The van der Waals surface area contributed by atoms with Crippen molar-refractivity contribution in [1.82, 2.24) is 4.98 Å². The zero-order valence-corrected chi connectivity index (χ0v) is 9.56. The van der Waals surface area contributed by atoms with Crippen molar-refractivity contribution in [2.45, 2.75) is 13.8 Å². The maximum Gasteiger partial charge on any atom is 0.123 e. The highest BCUT2D eigenvalue weighted by atomic mass is 32.2. The van der Waals surface area contributed by atoms with Gasteiger partial charge in [-0.25, -0.2) is 4.98 Å². The number of hydrogen-bond acceptors (Lipinski definition) is 4. The van der Waals surface area contributed by atoms with Gasteiger partial charge in [0.2, 0.25) is 0 Å². The Morgan fingerprint density at radius 1 is 1.15 bits per heavy atom. The van der Waals surface area contributed by atoms with Crippen LogP contribution in [0.2, 0.25) is 0 Å². The van der Waals surface area contributed by atoms with Gasteiger partial charge in [-0.05, 0) is 24.6 Å². The Bertz CT molecular complexity index is 166. The Hall–Kier alpha value is -0.900. The number of pyridine rings is 1. The Morgan fingerprint density at radius 3 is 1.85 bits per heavy atom. The second kappa shape index (κ2) is 11.1. The van der Waals surface area contributed by atoms with E-state index in [0.717, 1.165) is 0 Å². The lowest BCUT2D eigenvalue weighted by Gasteiger charge is -1.89. The summed E-state index contributed by atoms with van der Waals surface area (Å²) in [6.07, 6.45) is 5.61. The second-order valence-corrected chi connectivity index (χ2v) is 2.74. The third-order valence-electron chi connectivity index (χ3n) is 0.809. The Kier molecular flexibility index (Phi) is 12.5. The number of nitrogen functional groups attached to an aromatic ring is 2. The SMILES string of the molecule is CC.CSC.Nc1ccc(N)nc1. The van der Waals surface area contributed by atoms with Gasteiger partial charge in [-0.15, -0.1) is 0 Å². The molecule has 76 valence electrons. The van der Waals surface area contributed by atoms with E-state index in [2.05, 4.69) is 4.98 Å². The summed E-state index contributed by atoms with van der Waals surface area (Å²) in [6.45, 7) is 4.00. The Labute approximate surface area is 84.9 Å². The Balaban J connectivity index is 0. The first-order valence-electron chi connectivity index (χ1n) is 4.08. The molecule has 0 spiro atoms. The molecular weight excluding hydrogens is 182 g/mol. The van der Waals surface area contributed by atoms with Gasteiger partial charge >= 0.3 is 0 Å². The van der Waals surface area contributed by atoms with Crippen LogP contribution in [0.15, 0.2) is 18.3 Å². The van der Waals surface area contributed by atoms with E-state index >= 15 is 0 Å². The molecule has 0 fully saturated rings. The van der Waals surface area contributed by atoms with E-state index in [1.807, 2.05) is 26.4 Å². The lowest BCUT2D eigenvalue weighted by atomic mass is 10.4. The molecule has 1 aromatic rings. The van der Waals surface area contributed by atoms with Crippen LogP contribution in [0.5, 0.6) is 0 Å². The number of rotatable bonds is 0. The minimum Gasteiger partial charge on any atom is -0.397 e. The summed E-state index contributed by atoms with van der Waals surface area (Å²) >= 11 is 1.75. The third kappa shape index (κ3) is 11.1. The maximum absolute atomic E-state index is 5.31. The van der Waals surface area contributed by atoms with E-state index in [0.29, 0.717) is 11.5 Å². The fourth-order valence-corrected chi connectivity index (χ4v) is 0.417. The van der Waals surface area contributed by atoms with Crippen molar-refractivity contribution in [3.63, 3.8) is 0 Å². The summed E-state index contributed by atoms with van der Waals surface area (Å²) in [5.74, 6) is 0.499. The molecule has 0 atom stereocenters. The van der Waals surface area contributed by atoms with Crippen LogP contribution in [0, 0.1) is 0 Å². The summed E-state index contributed by atoms with van der Waals surface area (Å²) in [6, 6.07) is 3.37. The smallest absolute Gasteiger partial charge is 0.123 e. The van der Waals surface area contributed by atoms with Gasteiger partial charge in [-0.3, -0.25) is 0 Å². The molecule has 1 aromatic heterocycles. The van der Waals surface area contributed by atoms with Gasteiger partial charge in [0.25, 0.3) is 0 Å². The highest BCUT2D eigenvalue weighted by molar-refractivity contribution is 7.97. The average molecular weight is 201 g/mol. The first-order chi connectivity index (χ1) is 6.20. The van der Waals surface area contributed by atoms with Crippen LogP contribution in [-0.2, 0) is 0 Å². The molecule has 0 bridgehead atoms. The molecule has 0 unspecified atom stereocenters. The number of thioether (sulfide) groups is 1. The largest absolute Gasteiger partial charge is 0.397 e. The van der Waals surface area contributed by atoms with Gasteiger partial charge in [0.15, 0.2) is 0 Å². The first-order valence-corrected chi connectivity index (χ1v) is 5.71. The van der Waals surface area contributed by atoms with E-state index in [1.54, 1.807) is 23.9 Å². The van der Waals surface area contributed by atoms with Crippen LogP contribution in [0.1, 0.15) is 13.8 Å². The van der Waals surface area contributed by atoms with Crippen molar-refractivity contribution in [2.75, 3.05) is 24.0 Å². The lowest BCUT2D eigenvalue weighted by molar-refractivity contribution is 1.34. The van der Waals surface area contributed by atoms with E-state index in [4.69, 9.17) is 11.5 Å². The van der Waals surface area contributed by atoms with Crippen molar-refractivity contribution < 1.29 is 0 Å². The molecule has 0 aliphatic carbocycles. The van der Waals surface area contributed by atoms with Gasteiger partial charge in [0.1, 0.15) is 5.82 Å². The van der Waals surface area contributed by atoms with Crippen molar-refractivity contribution in [2.24, 2.45) is 0 Å². The van der Waals surface area contributed by atoms with Crippen LogP contribution < -0.4 is 11.5 Å². The monoisotopic (exact) mass is 201 g/mol.